The second kappa shape index (κ2) is 10.7. The average Bonchev–Trinajstić information content (AvgIpc) is 2.32. The standard InChI is InChI=1S/C7H9N.C5H14O2Si/c1-8-7-5-3-2-4-6-7;1-4-6-8(3)7-5-2/h2-6,8H,1H3;8H,4-5H2,1-3H3. The molecule has 0 aliphatic heterocycles. The van der Waals surface area contributed by atoms with Gasteiger partial charge in [0.1, 0.15) is 0 Å². The fourth-order valence-electron chi connectivity index (χ4n) is 1.12. The zero-order chi connectivity index (χ0) is 12.2. The van der Waals surface area contributed by atoms with Crippen LogP contribution >= 0.6 is 0 Å². The van der Waals surface area contributed by atoms with Crippen molar-refractivity contribution in [2.24, 2.45) is 0 Å². The smallest absolute Gasteiger partial charge is 0.318 e. The lowest BCUT2D eigenvalue weighted by Gasteiger charge is -2.07. The van der Waals surface area contributed by atoms with Crippen LogP contribution in [0.3, 0.4) is 0 Å². The van der Waals surface area contributed by atoms with E-state index in [0.29, 0.717) is 0 Å². The van der Waals surface area contributed by atoms with Gasteiger partial charge in [-0.2, -0.15) is 0 Å². The monoisotopic (exact) mass is 241 g/mol. The largest absolute Gasteiger partial charge is 0.397 e. The van der Waals surface area contributed by atoms with Crippen LogP contribution in [0.5, 0.6) is 0 Å². The van der Waals surface area contributed by atoms with Crippen LogP contribution in [-0.2, 0) is 8.85 Å². The summed E-state index contributed by atoms with van der Waals surface area (Å²) in [7, 11) is 0.710. The third-order valence-electron chi connectivity index (χ3n) is 1.87. The second-order valence-corrected chi connectivity index (χ2v) is 4.90. The van der Waals surface area contributed by atoms with Crippen molar-refractivity contribution in [1.29, 1.82) is 0 Å². The van der Waals surface area contributed by atoms with E-state index in [0.717, 1.165) is 18.9 Å². The van der Waals surface area contributed by atoms with E-state index < -0.39 is 9.28 Å². The molecule has 0 unspecified atom stereocenters. The Morgan fingerprint density at radius 2 is 1.56 bits per heavy atom. The van der Waals surface area contributed by atoms with Crippen LogP contribution < -0.4 is 5.32 Å². The maximum absolute atomic E-state index is 5.20. The highest BCUT2D eigenvalue weighted by Crippen LogP contribution is 2.01. The Kier molecular flexibility index (Phi) is 10.1. The van der Waals surface area contributed by atoms with E-state index in [1.165, 1.54) is 0 Å². The highest BCUT2D eigenvalue weighted by atomic mass is 28.3. The number of nitrogens with one attached hydrogen (secondary N) is 1. The van der Waals surface area contributed by atoms with Crippen molar-refractivity contribution in [3.63, 3.8) is 0 Å². The fraction of sp³-hybridized carbons (Fsp3) is 0.500. The van der Waals surface area contributed by atoms with Gasteiger partial charge in [-0.05, 0) is 32.5 Å². The summed E-state index contributed by atoms with van der Waals surface area (Å²) < 4.78 is 10.4. The van der Waals surface area contributed by atoms with E-state index in [1.807, 2.05) is 57.8 Å². The number of rotatable bonds is 5. The molecule has 1 N–H and O–H groups in total. The van der Waals surface area contributed by atoms with E-state index in [9.17, 15) is 0 Å². The SMILES string of the molecule is CCO[SiH](C)OCC.CNc1ccccc1. The molecule has 92 valence electrons. The molecular weight excluding hydrogens is 218 g/mol. The maximum Gasteiger partial charge on any atom is 0.318 e. The summed E-state index contributed by atoms with van der Waals surface area (Å²) in [5.41, 5.74) is 1.16. The van der Waals surface area contributed by atoms with Crippen molar-refractivity contribution in [3.05, 3.63) is 30.3 Å². The van der Waals surface area contributed by atoms with Gasteiger partial charge < -0.3 is 14.2 Å². The van der Waals surface area contributed by atoms with Gasteiger partial charge in [0.2, 0.25) is 0 Å². The van der Waals surface area contributed by atoms with Crippen molar-refractivity contribution < 1.29 is 8.85 Å². The van der Waals surface area contributed by atoms with E-state index in [4.69, 9.17) is 8.85 Å². The molecule has 0 atom stereocenters. The van der Waals surface area contributed by atoms with Crippen molar-refractivity contribution >= 4 is 15.0 Å². The van der Waals surface area contributed by atoms with Crippen molar-refractivity contribution in [2.45, 2.75) is 20.4 Å². The summed E-state index contributed by atoms with van der Waals surface area (Å²) >= 11 is 0. The average molecular weight is 241 g/mol. The minimum Gasteiger partial charge on any atom is -0.397 e. The van der Waals surface area contributed by atoms with E-state index in [2.05, 4.69) is 5.32 Å². The van der Waals surface area contributed by atoms with Crippen LogP contribution in [0.1, 0.15) is 13.8 Å². The molecule has 0 aliphatic rings. The minimum atomic E-state index is -1.20. The van der Waals surface area contributed by atoms with Gasteiger partial charge in [0.05, 0.1) is 0 Å². The van der Waals surface area contributed by atoms with E-state index in [-0.39, 0.29) is 0 Å². The molecule has 1 aromatic carbocycles. The topological polar surface area (TPSA) is 30.5 Å². The Hall–Kier alpha value is -0.843. The number of benzene rings is 1. The van der Waals surface area contributed by atoms with Crippen LogP contribution in [0, 0.1) is 0 Å². The van der Waals surface area contributed by atoms with Crippen LogP contribution in [-0.4, -0.2) is 29.5 Å². The zero-order valence-electron chi connectivity index (χ0n) is 10.7. The molecule has 0 fully saturated rings. The molecule has 1 rings (SSSR count). The van der Waals surface area contributed by atoms with Gasteiger partial charge in [0.15, 0.2) is 0 Å². The summed E-state index contributed by atoms with van der Waals surface area (Å²) in [5.74, 6) is 0. The van der Waals surface area contributed by atoms with Crippen LogP contribution in [0.25, 0.3) is 0 Å². The molecular formula is C12H23NO2Si. The van der Waals surface area contributed by atoms with Crippen molar-refractivity contribution in [1.82, 2.24) is 0 Å². The van der Waals surface area contributed by atoms with Gasteiger partial charge in [-0.15, -0.1) is 0 Å². The molecule has 0 aliphatic carbocycles. The molecule has 0 radical (unpaired) electrons. The van der Waals surface area contributed by atoms with Gasteiger partial charge >= 0.3 is 9.28 Å². The Balaban J connectivity index is 0.000000281. The van der Waals surface area contributed by atoms with Gasteiger partial charge in [-0.3, -0.25) is 0 Å². The highest BCUT2D eigenvalue weighted by molar-refractivity contribution is 6.42. The Morgan fingerprint density at radius 1 is 1.06 bits per heavy atom. The van der Waals surface area contributed by atoms with Crippen molar-refractivity contribution in [3.8, 4) is 0 Å². The van der Waals surface area contributed by atoms with Crippen LogP contribution in [0.15, 0.2) is 30.3 Å². The lowest BCUT2D eigenvalue weighted by atomic mass is 10.3. The first-order valence-electron chi connectivity index (χ1n) is 5.70. The predicted octanol–water partition coefficient (Wildman–Crippen LogP) is 2.64. The van der Waals surface area contributed by atoms with Gasteiger partial charge in [-0.25, -0.2) is 0 Å². The molecule has 0 saturated carbocycles. The molecule has 1 aromatic rings. The molecule has 0 aromatic heterocycles. The molecule has 0 amide bonds. The predicted molar refractivity (Wildman–Crippen MR) is 72.3 cm³/mol. The van der Waals surface area contributed by atoms with Gasteiger partial charge in [0.25, 0.3) is 0 Å². The normalized spacial score (nSPS) is 9.56. The summed E-state index contributed by atoms with van der Waals surface area (Å²) in [6.07, 6.45) is 0. The molecule has 0 bridgehead atoms. The van der Waals surface area contributed by atoms with Gasteiger partial charge in [0, 0.05) is 25.9 Å². The van der Waals surface area contributed by atoms with Gasteiger partial charge in [-0.1, -0.05) is 18.2 Å². The molecule has 0 heterocycles. The number of hydrogen-bond acceptors (Lipinski definition) is 3. The Labute approximate surface area is 101 Å². The summed E-state index contributed by atoms with van der Waals surface area (Å²) in [6, 6.07) is 10.1. The minimum absolute atomic E-state index is 0.785. The van der Waals surface area contributed by atoms with Crippen LogP contribution in [0.2, 0.25) is 6.55 Å². The molecule has 0 spiro atoms. The Morgan fingerprint density at radius 3 is 1.88 bits per heavy atom. The summed E-state index contributed by atoms with van der Waals surface area (Å²) in [5, 5.41) is 3.03. The number of para-hydroxylation sites is 1. The van der Waals surface area contributed by atoms with Crippen LogP contribution in [0.4, 0.5) is 5.69 Å². The van der Waals surface area contributed by atoms with E-state index in [1.54, 1.807) is 0 Å². The number of anilines is 1. The zero-order valence-corrected chi connectivity index (χ0v) is 11.8. The summed E-state index contributed by atoms with van der Waals surface area (Å²) in [4.78, 5) is 0. The molecule has 4 heteroatoms. The lowest BCUT2D eigenvalue weighted by Crippen LogP contribution is -2.17. The lowest BCUT2D eigenvalue weighted by molar-refractivity contribution is 0.219. The molecule has 16 heavy (non-hydrogen) atoms. The fourth-order valence-corrected chi connectivity index (χ4v) is 2.16. The first-order chi connectivity index (χ1) is 7.74. The third kappa shape index (κ3) is 8.46. The quantitative estimate of drug-likeness (QED) is 0.804. The highest BCUT2D eigenvalue weighted by Gasteiger charge is 1.99. The summed E-state index contributed by atoms with van der Waals surface area (Å²) in [6.45, 7) is 7.58. The number of hydrogen-bond donors (Lipinski definition) is 1. The third-order valence-corrected chi connectivity index (χ3v) is 3.47. The maximum atomic E-state index is 5.20. The van der Waals surface area contributed by atoms with Crippen molar-refractivity contribution in [2.75, 3.05) is 25.6 Å². The molecule has 3 nitrogen and oxygen atoms in total. The Bertz CT molecular complexity index is 238. The first-order valence-corrected chi connectivity index (χ1v) is 7.80. The first kappa shape index (κ1) is 15.2. The van der Waals surface area contributed by atoms with E-state index >= 15 is 0 Å². The second-order valence-electron chi connectivity index (χ2n) is 3.09. The molecule has 0 saturated heterocycles.